The summed E-state index contributed by atoms with van der Waals surface area (Å²) in [4.78, 5) is 11.9. The molecule has 0 spiro atoms. The molecule has 5 heteroatoms. The minimum atomic E-state index is 0.431. The Morgan fingerprint density at radius 1 is 1.04 bits per heavy atom. The van der Waals surface area contributed by atoms with E-state index in [0.717, 1.165) is 44.2 Å². The predicted octanol–water partition coefficient (Wildman–Crippen LogP) is 2.91. The molecular formula is C22H29N5. The number of nitrogens with one attached hydrogen (secondary N) is 1. The van der Waals surface area contributed by atoms with E-state index in [1.165, 1.54) is 42.5 Å². The van der Waals surface area contributed by atoms with Crippen molar-refractivity contribution in [2.45, 2.75) is 50.5 Å². The van der Waals surface area contributed by atoms with Crippen molar-refractivity contribution in [3.63, 3.8) is 0 Å². The molecule has 0 amide bonds. The number of nitrogen functional groups attached to an aromatic ring is 1. The number of fused-ring (bicyclic) bond motifs is 2. The summed E-state index contributed by atoms with van der Waals surface area (Å²) in [6, 6.07) is 11.5. The molecule has 3 unspecified atom stereocenters. The fourth-order valence-corrected chi connectivity index (χ4v) is 5.31. The molecule has 142 valence electrons. The lowest BCUT2D eigenvalue weighted by molar-refractivity contribution is 0.340. The third-order valence-corrected chi connectivity index (χ3v) is 6.68. The van der Waals surface area contributed by atoms with Gasteiger partial charge in [-0.05, 0) is 62.5 Å². The first-order valence-electron chi connectivity index (χ1n) is 10.5. The molecule has 3 N–H and O–H groups in total. The Morgan fingerprint density at radius 2 is 1.93 bits per heavy atom. The second kappa shape index (κ2) is 7.12. The maximum Gasteiger partial charge on any atom is 0.222 e. The van der Waals surface area contributed by atoms with Crippen LogP contribution in [0, 0.1) is 5.92 Å². The molecule has 2 aromatic rings. The maximum absolute atomic E-state index is 6.17. The summed E-state index contributed by atoms with van der Waals surface area (Å²) in [5.41, 5.74) is 10.1. The molecule has 3 aliphatic rings. The van der Waals surface area contributed by atoms with Crippen LogP contribution in [0.25, 0.3) is 0 Å². The van der Waals surface area contributed by atoms with E-state index < -0.39 is 0 Å². The Bertz CT molecular complexity index is 792. The van der Waals surface area contributed by atoms with Crippen LogP contribution in [0.15, 0.2) is 30.3 Å². The molecular weight excluding hydrogens is 334 g/mol. The van der Waals surface area contributed by atoms with Crippen LogP contribution in [0.5, 0.6) is 0 Å². The summed E-state index contributed by atoms with van der Waals surface area (Å²) in [5, 5.41) is 3.70. The smallest absolute Gasteiger partial charge is 0.222 e. The van der Waals surface area contributed by atoms with Crippen molar-refractivity contribution in [3.8, 4) is 0 Å². The monoisotopic (exact) mass is 363 g/mol. The molecule has 2 fully saturated rings. The van der Waals surface area contributed by atoms with E-state index >= 15 is 0 Å². The number of anilines is 2. The Kier molecular flexibility index (Phi) is 4.48. The zero-order valence-corrected chi connectivity index (χ0v) is 15.9. The van der Waals surface area contributed by atoms with E-state index in [1.807, 2.05) is 0 Å². The number of nitrogens with two attached hydrogens (primary N) is 1. The van der Waals surface area contributed by atoms with Crippen molar-refractivity contribution < 1.29 is 0 Å². The molecule has 1 aliphatic carbocycles. The van der Waals surface area contributed by atoms with Crippen LogP contribution in [0.4, 0.5) is 11.8 Å². The van der Waals surface area contributed by atoms with Gasteiger partial charge in [-0.2, -0.15) is 4.98 Å². The average Bonchev–Trinajstić information content (AvgIpc) is 3.01. The number of hydrogen-bond acceptors (Lipinski definition) is 5. The molecule has 3 heterocycles. The van der Waals surface area contributed by atoms with Crippen molar-refractivity contribution in [2.75, 3.05) is 30.3 Å². The lowest BCUT2D eigenvalue weighted by Crippen LogP contribution is -2.40. The Morgan fingerprint density at radius 3 is 2.78 bits per heavy atom. The molecule has 2 aliphatic heterocycles. The second-order valence-electron chi connectivity index (χ2n) is 8.40. The third-order valence-electron chi connectivity index (χ3n) is 6.68. The molecule has 0 saturated carbocycles. The molecule has 5 rings (SSSR count). The van der Waals surface area contributed by atoms with Crippen LogP contribution in [-0.2, 0) is 12.8 Å². The standard InChI is InChI=1S/C22H29N5/c23-22-25-19-12-16(15-6-2-1-3-7-15)8-4-10-18(19)21(26-22)27-13-17-9-5-11-24-20(17)14-27/h1-3,6-7,16-17,20,24H,4-5,8-14H2,(H2,23,25,26). The average molecular weight is 364 g/mol. The van der Waals surface area contributed by atoms with E-state index in [9.17, 15) is 0 Å². The van der Waals surface area contributed by atoms with Crippen molar-refractivity contribution in [2.24, 2.45) is 5.92 Å². The van der Waals surface area contributed by atoms with Crippen LogP contribution in [0.1, 0.15) is 48.4 Å². The first-order chi connectivity index (χ1) is 13.3. The van der Waals surface area contributed by atoms with E-state index in [2.05, 4.69) is 40.5 Å². The molecule has 1 aromatic carbocycles. The molecule has 0 bridgehead atoms. The molecule has 5 nitrogen and oxygen atoms in total. The van der Waals surface area contributed by atoms with Gasteiger partial charge in [0.1, 0.15) is 5.82 Å². The number of aromatic nitrogens is 2. The largest absolute Gasteiger partial charge is 0.368 e. The van der Waals surface area contributed by atoms with Gasteiger partial charge in [-0.3, -0.25) is 0 Å². The highest BCUT2D eigenvalue weighted by molar-refractivity contribution is 5.54. The van der Waals surface area contributed by atoms with Crippen LogP contribution in [-0.4, -0.2) is 35.6 Å². The van der Waals surface area contributed by atoms with Crippen LogP contribution >= 0.6 is 0 Å². The molecule has 27 heavy (non-hydrogen) atoms. The van der Waals surface area contributed by atoms with Gasteiger partial charge in [0.2, 0.25) is 5.95 Å². The summed E-state index contributed by atoms with van der Waals surface area (Å²) >= 11 is 0. The first kappa shape index (κ1) is 17.0. The summed E-state index contributed by atoms with van der Waals surface area (Å²) in [7, 11) is 0. The van der Waals surface area contributed by atoms with Crippen LogP contribution in [0.3, 0.4) is 0 Å². The minimum Gasteiger partial charge on any atom is -0.368 e. The molecule has 3 atom stereocenters. The van der Waals surface area contributed by atoms with Gasteiger partial charge in [0, 0.05) is 24.7 Å². The van der Waals surface area contributed by atoms with Crippen molar-refractivity contribution >= 4 is 11.8 Å². The minimum absolute atomic E-state index is 0.431. The summed E-state index contributed by atoms with van der Waals surface area (Å²) in [6.07, 6.45) is 7.04. The topological polar surface area (TPSA) is 67.1 Å². The lowest BCUT2D eigenvalue weighted by atomic mass is 9.91. The van der Waals surface area contributed by atoms with Gasteiger partial charge in [-0.15, -0.1) is 0 Å². The van der Waals surface area contributed by atoms with Crippen molar-refractivity contribution in [3.05, 3.63) is 47.2 Å². The van der Waals surface area contributed by atoms with Crippen molar-refractivity contribution in [1.82, 2.24) is 15.3 Å². The fraction of sp³-hybridized carbons (Fsp3) is 0.545. The Hall–Kier alpha value is -2.14. The first-order valence-corrected chi connectivity index (χ1v) is 10.5. The summed E-state index contributed by atoms with van der Waals surface area (Å²) in [6.45, 7) is 3.30. The van der Waals surface area contributed by atoms with Gasteiger partial charge < -0.3 is 16.0 Å². The fourth-order valence-electron chi connectivity index (χ4n) is 5.31. The number of benzene rings is 1. The lowest BCUT2D eigenvalue weighted by Gasteiger charge is -2.24. The summed E-state index contributed by atoms with van der Waals surface area (Å²) in [5.74, 6) is 2.81. The zero-order valence-electron chi connectivity index (χ0n) is 15.9. The predicted molar refractivity (Wildman–Crippen MR) is 109 cm³/mol. The highest BCUT2D eigenvalue weighted by Gasteiger charge is 2.36. The van der Waals surface area contributed by atoms with Gasteiger partial charge in [0.25, 0.3) is 0 Å². The van der Waals surface area contributed by atoms with Crippen LogP contribution < -0.4 is 16.0 Å². The highest BCUT2D eigenvalue weighted by atomic mass is 15.3. The normalized spacial score (nSPS) is 27.7. The van der Waals surface area contributed by atoms with Gasteiger partial charge >= 0.3 is 0 Å². The number of piperidine rings is 1. The SMILES string of the molecule is Nc1nc2c(c(N3CC4CCCNC4C3)n1)CCCC(c1ccccc1)C2. The highest BCUT2D eigenvalue weighted by Crippen LogP contribution is 2.37. The molecule has 1 aromatic heterocycles. The van der Waals surface area contributed by atoms with Crippen molar-refractivity contribution in [1.29, 1.82) is 0 Å². The molecule has 2 saturated heterocycles. The number of rotatable bonds is 2. The zero-order chi connectivity index (χ0) is 18.2. The number of nitrogens with zero attached hydrogens (tertiary/aromatic N) is 3. The van der Waals surface area contributed by atoms with E-state index in [0.29, 0.717) is 17.9 Å². The van der Waals surface area contributed by atoms with E-state index in [4.69, 9.17) is 15.7 Å². The molecule has 0 radical (unpaired) electrons. The number of hydrogen-bond donors (Lipinski definition) is 2. The Labute approximate surface area is 161 Å². The van der Waals surface area contributed by atoms with E-state index in [-0.39, 0.29) is 0 Å². The quantitative estimate of drug-likeness (QED) is 0.803. The Balaban J connectivity index is 1.46. The van der Waals surface area contributed by atoms with Gasteiger partial charge in [-0.25, -0.2) is 4.98 Å². The van der Waals surface area contributed by atoms with Gasteiger partial charge in [-0.1, -0.05) is 30.3 Å². The van der Waals surface area contributed by atoms with Gasteiger partial charge in [0.15, 0.2) is 0 Å². The van der Waals surface area contributed by atoms with E-state index in [1.54, 1.807) is 0 Å². The van der Waals surface area contributed by atoms with Gasteiger partial charge in [0.05, 0.1) is 5.69 Å². The van der Waals surface area contributed by atoms with Crippen LogP contribution in [0.2, 0.25) is 0 Å². The third kappa shape index (κ3) is 3.29. The summed E-state index contributed by atoms with van der Waals surface area (Å²) < 4.78 is 0. The second-order valence-corrected chi connectivity index (χ2v) is 8.40. The maximum atomic E-state index is 6.17.